The van der Waals surface area contributed by atoms with Crippen molar-refractivity contribution in [2.75, 3.05) is 19.8 Å². The first kappa shape index (κ1) is 57.8. The molecular weight excluding hydrogens is 799 g/mol. The number of hydrogen-bond donors (Lipinski definition) is 6. The summed E-state index contributed by atoms with van der Waals surface area (Å²) >= 11 is 0. The molecule has 0 aliphatic heterocycles. The minimum atomic E-state index is -5.01. The van der Waals surface area contributed by atoms with Crippen LogP contribution in [0.3, 0.4) is 0 Å². The van der Waals surface area contributed by atoms with Crippen molar-refractivity contribution in [2.45, 2.75) is 256 Å². The van der Waals surface area contributed by atoms with E-state index in [0.717, 1.165) is 44.9 Å². The minimum Gasteiger partial charge on any atom is -0.457 e. The molecule has 6 N–H and O–H groups in total. The van der Waals surface area contributed by atoms with E-state index in [0.29, 0.717) is 13.0 Å². The second kappa shape index (κ2) is 39.2. The number of carbonyl (C=O) groups is 1. The molecule has 0 aromatic rings. The molecule has 0 aromatic carbocycles. The molecule has 0 bridgehead atoms. The number of unbranched alkanes of at least 4 members (excludes halogenated alkanes) is 26. The molecule has 0 saturated heterocycles. The molecule has 6 unspecified atom stereocenters. The van der Waals surface area contributed by atoms with Gasteiger partial charge >= 0.3 is 13.8 Å². The van der Waals surface area contributed by atoms with Gasteiger partial charge in [0.25, 0.3) is 0 Å². The van der Waals surface area contributed by atoms with Crippen LogP contribution in [0, 0.1) is 0 Å². The molecule has 1 rings (SSSR count). The molecule has 61 heavy (non-hydrogen) atoms. The zero-order valence-electron chi connectivity index (χ0n) is 38.5. The molecule has 0 spiro atoms. The topological polar surface area (TPSA) is 192 Å². The van der Waals surface area contributed by atoms with Gasteiger partial charge in [0.1, 0.15) is 42.7 Å². The van der Waals surface area contributed by atoms with Crippen LogP contribution in [0.2, 0.25) is 0 Å². The van der Waals surface area contributed by atoms with Crippen LogP contribution >= 0.6 is 7.82 Å². The van der Waals surface area contributed by atoms with Gasteiger partial charge < -0.3 is 39.9 Å². The Balaban J connectivity index is 2.27. The smallest absolute Gasteiger partial charge is 0.457 e. The lowest BCUT2D eigenvalue weighted by Crippen LogP contribution is -2.64. The Morgan fingerprint density at radius 2 is 0.918 bits per heavy atom. The van der Waals surface area contributed by atoms with Gasteiger partial charge in [-0.25, -0.2) is 4.57 Å². The molecule has 1 fully saturated rings. The number of hydrogen-bond acceptors (Lipinski definition) is 11. The van der Waals surface area contributed by atoms with E-state index in [2.05, 4.69) is 38.2 Å². The van der Waals surface area contributed by atoms with Crippen molar-refractivity contribution in [3.63, 3.8) is 0 Å². The number of aliphatic hydroxyl groups is 5. The maximum Gasteiger partial charge on any atom is 0.472 e. The van der Waals surface area contributed by atoms with Crippen molar-refractivity contribution >= 4 is 13.8 Å². The fourth-order valence-electron chi connectivity index (χ4n) is 7.62. The van der Waals surface area contributed by atoms with Crippen LogP contribution < -0.4 is 0 Å². The summed E-state index contributed by atoms with van der Waals surface area (Å²) in [5, 5.41) is 50.2. The summed E-state index contributed by atoms with van der Waals surface area (Å²) in [5.41, 5.74) is 0. The molecular formula is C48H91O12P. The number of aliphatic hydroxyl groups excluding tert-OH is 5. The Bertz CT molecular complexity index is 1110. The zero-order chi connectivity index (χ0) is 44.8. The Morgan fingerprint density at radius 3 is 1.38 bits per heavy atom. The van der Waals surface area contributed by atoms with Gasteiger partial charge in [-0.1, -0.05) is 186 Å². The van der Waals surface area contributed by atoms with E-state index in [1.54, 1.807) is 0 Å². The van der Waals surface area contributed by atoms with Crippen LogP contribution in [0.4, 0.5) is 0 Å². The van der Waals surface area contributed by atoms with E-state index in [1.165, 1.54) is 141 Å². The lowest BCUT2D eigenvalue weighted by Gasteiger charge is -2.41. The molecule has 1 saturated carbocycles. The van der Waals surface area contributed by atoms with Crippen molar-refractivity contribution < 1.29 is 58.3 Å². The van der Waals surface area contributed by atoms with Crippen molar-refractivity contribution in [2.24, 2.45) is 0 Å². The zero-order valence-corrected chi connectivity index (χ0v) is 39.4. The van der Waals surface area contributed by atoms with Crippen LogP contribution in [0.5, 0.6) is 0 Å². The lowest BCUT2D eigenvalue weighted by atomic mass is 9.85. The first-order valence-corrected chi connectivity index (χ1v) is 26.2. The third-order valence-corrected chi connectivity index (χ3v) is 12.6. The van der Waals surface area contributed by atoms with Gasteiger partial charge in [-0.05, 0) is 44.9 Å². The molecule has 360 valence electrons. The van der Waals surface area contributed by atoms with Gasteiger partial charge in [-0.15, -0.1) is 0 Å². The van der Waals surface area contributed by atoms with E-state index in [9.17, 15) is 39.8 Å². The Hall–Kier alpha value is -1.18. The maximum atomic E-state index is 12.8. The summed E-state index contributed by atoms with van der Waals surface area (Å²) < 4.78 is 34.2. The molecule has 0 radical (unpaired) electrons. The third kappa shape index (κ3) is 31.4. The average Bonchev–Trinajstić information content (AvgIpc) is 3.24. The predicted molar refractivity (Wildman–Crippen MR) is 244 cm³/mol. The summed E-state index contributed by atoms with van der Waals surface area (Å²) in [5.74, 6) is -0.478. The lowest BCUT2D eigenvalue weighted by molar-refractivity contribution is -0.220. The van der Waals surface area contributed by atoms with Crippen LogP contribution in [0.25, 0.3) is 0 Å². The molecule has 1 aliphatic carbocycles. The molecule has 6 atom stereocenters. The molecule has 12 nitrogen and oxygen atoms in total. The summed E-state index contributed by atoms with van der Waals surface area (Å²) in [6, 6.07) is 0. The fourth-order valence-corrected chi connectivity index (χ4v) is 8.59. The van der Waals surface area contributed by atoms with Crippen molar-refractivity contribution in [1.82, 2.24) is 0 Å². The van der Waals surface area contributed by atoms with Crippen LogP contribution in [0.15, 0.2) is 24.3 Å². The Morgan fingerprint density at radius 1 is 0.525 bits per heavy atom. The molecule has 0 amide bonds. The highest BCUT2D eigenvalue weighted by Crippen LogP contribution is 2.47. The highest BCUT2D eigenvalue weighted by Gasteiger charge is 2.51. The summed E-state index contributed by atoms with van der Waals surface area (Å²) in [4.78, 5) is 23.1. The standard InChI is InChI=1S/C48H91O12P/c1-3-5-7-9-11-13-15-16-17-18-19-20-21-22-23-24-25-26-27-28-30-32-34-36-38-57-39-41(59-42(49)37-35-33-31-29-14-12-10-8-6-4-2)40-58-61(55,56)60-48-46(53)44(51)43(50)45(52)47(48)54/h15-16,18-19,41,43-48,50-54H,3-14,17,20-40H2,1-2H3,(H,55,56)/b16-15-,19-18-. The number of phosphoric ester groups is 1. The van der Waals surface area contributed by atoms with Gasteiger partial charge in [-0.3, -0.25) is 13.8 Å². The number of carbonyl (C=O) groups excluding carboxylic acids is 1. The third-order valence-electron chi connectivity index (χ3n) is 11.6. The second-order valence-electron chi connectivity index (χ2n) is 17.3. The van der Waals surface area contributed by atoms with Crippen LogP contribution in [-0.2, 0) is 27.9 Å². The number of allylic oxidation sites excluding steroid dienone is 4. The predicted octanol–water partition coefficient (Wildman–Crippen LogP) is 10.5. The number of esters is 1. The Kier molecular flexibility index (Phi) is 37.2. The van der Waals surface area contributed by atoms with Gasteiger partial charge in [0.15, 0.2) is 0 Å². The molecule has 1 aliphatic rings. The minimum absolute atomic E-state index is 0.0737. The normalized spacial score (nSPS) is 22.3. The summed E-state index contributed by atoms with van der Waals surface area (Å²) in [6.45, 7) is 4.24. The largest absolute Gasteiger partial charge is 0.472 e. The summed E-state index contributed by atoms with van der Waals surface area (Å²) in [7, 11) is -5.01. The van der Waals surface area contributed by atoms with E-state index < -0.39 is 63.1 Å². The average molecular weight is 891 g/mol. The Labute approximate surface area is 370 Å². The van der Waals surface area contributed by atoms with Crippen LogP contribution in [-0.4, -0.2) is 98.9 Å². The van der Waals surface area contributed by atoms with E-state index in [4.69, 9.17) is 18.5 Å². The number of rotatable bonds is 42. The van der Waals surface area contributed by atoms with E-state index in [-0.39, 0.29) is 13.0 Å². The fraction of sp³-hybridized carbons (Fsp3) is 0.896. The molecule has 13 heteroatoms. The van der Waals surface area contributed by atoms with Crippen molar-refractivity contribution in [1.29, 1.82) is 0 Å². The second-order valence-corrected chi connectivity index (χ2v) is 18.7. The monoisotopic (exact) mass is 891 g/mol. The first-order valence-electron chi connectivity index (χ1n) is 24.7. The SMILES string of the molecule is CCCCCCC/C=C\C/C=C\CCCCCCCCCCCCCCOCC(COP(=O)(O)OC1C(O)C(O)C(O)C(O)C1O)OC(=O)CCCCCCCCCCCC. The quantitative estimate of drug-likeness (QED) is 0.0147. The van der Waals surface area contributed by atoms with Crippen molar-refractivity contribution in [3.05, 3.63) is 24.3 Å². The van der Waals surface area contributed by atoms with Gasteiger partial charge in [-0.2, -0.15) is 0 Å². The first-order chi connectivity index (χ1) is 29.5. The van der Waals surface area contributed by atoms with E-state index in [1.807, 2.05) is 0 Å². The number of phosphoric acid groups is 1. The van der Waals surface area contributed by atoms with Gasteiger partial charge in [0.05, 0.1) is 13.2 Å². The highest BCUT2D eigenvalue weighted by molar-refractivity contribution is 7.47. The van der Waals surface area contributed by atoms with Crippen molar-refractivity contribution in [3.8, 4) is 0 Å². The van der Waals surface area contributed by atoms with Gasteiger partial charge in [0.2, 0.25) is 0 Å². The number of ether oxygens (including phenoxy) is 2. The van der Waals surface area contributed by atoms with Gasteiger partial charge in [0, 0.05) is 13.0 Å². The molecule has 0 heterocycles. The van der Waals surface area contributed by atoms with Crippen LogP contribution in [0.1, 0.15) is 213 Å². The maximum absolute atomic E-state index is 12.8. The highest BCUT2D eigenvalue weighted by atomic mass is 31.2. The summed E-state index contributed by atoms with van der Waals surface area (Å²) in [6.07, 6.45) is 32.6. The molecule has 0 aromatic heterocycles. The van der Waals surface area contributed by atoms with E-state index >= 15 is 0 Å².